The van der Waals surface area contributed by atoms with E-state index in [1.807, 2.05) is 0 Å². The molecule has 0 heterocycles. The molecule has 2 nitrogen and oxygen atoms in total. The number of carbonyl (C=O) groups is 1. The lowest BCUT2D eigenvalue weighted by Crippen LogP contribution is -2.34. The predicted octanol–water partition coefficient (Wildman–Crippen LogP) is 2.33. The molecule has 3 atom stereocenters. The molecular formula is C10H18BrNO. The summed E-state index contributed by atoms with van der Waals surface area (Å²) in [5.41, 5.74) is 5.22. The third kappa shape index (κ3) is 3.51. The SMILES string of the molecule is C=C[C@@H](C(Br)C(N)=O)[C@H](C)C(C)C. The van der Waals surface area contributed by atoms with E-state index in [-0.39, 0.29) is 16.7 Å². The molecule has 0 bridgehead atoms. The quantitative estimate of drug-likeness (QED) is 0.589. The van der Waals surface area contributed by atoms with Crippen LogP contribution >= 0.6 is 15.9 Å². The van der Waals surface area contributed by atoms with Crippen LogP contribution < -0.4 is 5.73 Å². The highest BCUT2D eigenvalue weighted by molar-refractivity contribution is 9.10. The number of halogens is 1. The highest BCUT2D eigenvalue weighted by Crippen LogP contribution is 2.28. The van der Waals surface area contributed by atoms with Crippen molar-refractivity contribution in [3.63, 3.8) is 0 Å². The summed E-state index contributed by atoms with van der Waals surface area (Å²) >= 11 is 3.29. The van der Waals surface area contributed by atoms with Gasteiger partial charge < -0.3 is 5.73 Å². The van der Waals surface area contributed by atoms with Crippen molar-refractivity contribution in [2.75, 3.05) is 0 Å². The van der Waals surface area contributed by atoms with E-state index < -0.39 is 0 Å². The molecule has 0 aromatic heterocycles. The third-order valence-electron chi connectivity index (χ3n) is 2.54. The molecule has 0 aliphatic rings. The first kappa shape index (κ1) is 12.7. The molecule has 3 heteroatoms. The Morgan fingerprint density at radius 3 is 2.15 bits per heavy atom. The zero-order valence-corrected chi connectivity index (χ0v) is 10.0. The summed E-state index contributed by atoms with van der Waals surface area (Å²) in [6, 6.07) is 0. The van der Waals surface area contributed by atoms with Crippen molar-refractivity contribution in [2.24, 2.45) is 23.5 Å². The van der Waals surface area contributed by atoms with Crippen molar-refractivity contribution in [3.05, 3.63) is 12.7 Å². The lowest BCUT2D eigenvalue weighted by Gasteiger charge is -2.26. The number of nitrogens with two attached hydrogens (primary N) is 1. The van der Waals surface area contributed by atoms with Gasteiger partial charge in [0, 0.05) is 5.92 Å². The van der Waals surface area contributed by atoms with Crippen molar-refractivity contribution in [1.82, 2.24) is 0 Å². The molecule has 0 aromatic carbocycles. The molecule has 0 saturated heterocycles. The molecule has 0 spiro atoms. The summed E-state index contributed by atoms with van der Waals surface area (Å²) in [5.74, 6) is 0.701. The van der Waals surface area contributed by atoms with Crippen LogP contribution in [-0.2, 0) is 4.79 Å². The molecular weight excluding hydrogens is 230 g/mol. The first-order valence-corrected chi connectivity index (χ1v) is 5.39. The molecule has 2 N–H and O–H groups in total. The first-order valence-electron chi connectivity index (χ1n) is 4.47. The van der Waals surface area contributed by atoms with Crippen molar-refractivity contribution in [3.8, 4) is 0 Å². The van der Waals surface area contributed by atoms with Crippen LogP contribution in [0.15, 0.2) is 12.7 Å². The number of primary amides is 1. The Labute approximate surface area is 88.7 Å². The summed E-state index contributed by atoms with van der Waals surface area (Å²) in [7, 11) is 0. The number of rotatable bonds is 5. The van der Waals surface area contributed by atoms with Gasteiger partial charge in [0.1, 0.15) is 0 Å². The Balaban J connectivity index is 4.50. The van der Waals surface area contributed by atoms with Gasteiger partial charge in [-0.25, -0.2) is 0 Å². The van der Waals surface area contributed by atoms with Crippen LogP contribution in [0.2, 0.25) is 0 Å². The van der Waals surface area contributed by atoms with E-state index in [0.717, 1.165) is 0 Å². The van der Waals surface area contributed by atoms with Crippen LogP contribution in [0.3, 0.4) is 0 Å². The fourth-order valence-corrected chi connectivity index (χ4v) is 1.93. The summed E-state index contributed by atoms with van der Waals surface area (Å²) in [6.45, 7) is 10.1. The largest absolute Gasteiger partial charge is 0.369 e. The van der Waals surface area contributed by atoms with Crippen LogP contribution in [0.1, 0.15) is 20.8 Å². The van der Waals surface area contributed by atoms with Gasteiger partial charge in [0.2, 0.25) is 5.91 Å². The molecule has 1 amide bonds. The van der Waals surface area contributed by atoms with Gasteiger partial charge in [0.15, 0.2) is 0 Å². The number of hydrogen-bond acceptors (Lipinski definition) is 1. The minimum Gasteiger partial charge on any atom is -0.369 e. The minimum absolute atomic E-state index is 0.109. The van der Waals surface area contributed by atoms with E-state index in [4.69, 9.17) is 5.73 Å². The van der Waals surface area contributed by atoms with Gasteiger partial charge >= 0.3 is 0 Å². The Morgan fingerprint density at radius 1 is 1.46 bits per heavy atom. The molecule has 0 aromatic rings. The van der Waals surface area contributed by atoms with Gasteiger partial charge in [0.25, 0.3) is 0 Å². The Bertz CT molecular complexity index is 191. The number of amides is 1. The first-order chi connectivity index (χ1) is 5.91. The van der Waals surface area contributed by atoms with E-state index in [0.29, 0.717) is 11.8 Å². The number of carbonyl (C=O) groups excluding carboxylic acids is 1. The van der Waals surface area contributed by atoms with Crippen LogP contribution in [0, 0.1) is 17.8 Å². The smallest absolute Gasteiger partial charge is 0.231 e. The number of hydrogen-bond donors (Lipinski definition) is 1. The predicted molar refractivity (Wildman–Crippen MR) is 59.6 cm³/mol. The van der Waals surface area contributed by atoms with E-state index >= 15 is 0 Å². The maximum Gasteiger partial charge on any atom is 0.231 e. The molecule has 0 saturated carbocycles. The summed E-state index contributed by atoms with van der Waals surface area (Å²) in [4.78, 5) is 10.7. The molecule has 13 heavy (non-hydrogen) atoms. The number of allylic oxidation sites excluding steroid dienone is 1. The van der Waals surface area contributed by atoms with Gasteiger partial charge in [-0.2, -0.15) is 0 Å². The maximum atomic E-state index is 11.0. The standard InChI is InChI=1S/C10H18BrNO/c1-5-8(7(4)6(2)3)9(11)10(12)13/h5-9H,1H2,2-4H3,(H2,12,13)/t7-,8-,9?/m1/s1. The average molecular weight is 248 g/mol. The summed E-state index contributed by atoms with van der Waals surface area (Å²) in [5, 5.41) is 0. The zero-order valence-electron chi connectivity index (χ0n) is 8.46. The molecule has 76 valence electrons. The van der Waals surface area contributed by atoms with Crippen molar-refractivity contribution in [2.45, 2.75) is 25.6 Å². The molecule has 0 aliphatic heterocycles. The van der Waals surface area contributed by atoms with Crippen molar-refractivity contribution < 1.29 is 4.79 Å². The van der Waals surface area contributed by atoms with Gasteiger partial charge in [-0.3, -0.25) is 4.79 Å². The van der Waals surface area contributed by atoms with Crippen LogP contribution in [0.5, 0.6) is 0 Å². The second kappa shape index (κ2) is 5.43. The van der Waals surface area contributed by atoms with E-state index in [1.165, 1.54) is 0 Å². The summed E-state index contributed by atoms with van der Waals surface area (Å²) < 4.78 is 0. The van der Waals surface area contributed by atoms with E-state index in [2.05, 4.69) is 43.3 Å². The normalized spacial score (nSPS) is 17.9. The van der Waals surface area contributed by atoms with Crippen molar-refractivity contribution >= 4 is 21.8 Å². The van der Waals surface area contributed by atoms with Crippen molar-refractivity contribution in [1.29, 1.82) is 0 Å². The summed E-state index contributed by atoms with van der Waals surface area (Å²) in [6.07, 6.45) is 1.80. The second-order valence-corrected chi connectivity index (χ2v) is 4.71. The lowest BCUT2D eigenvalue weighted by molar-refractivity contribution is -0.118. The van der Waals surface area contributed by atoms with Gasteiger partial charge in [-0.05, 0) is 11.8 Å². The Morgan fingerprint density at radius 2 is 1.92 bits per heavy atom. The third-order valence-corrected chi connectivity index (χ3v) is 3.60. The molecule has 0 fully saturated rings. The van der Waals surface area contributed by atoms with Crippen LogP contribution in [-0.4, -0.2) is 10.7 Å². The average Bonchev–Trinajstić information content (AvgIpc) is 2.04. The topological polar surface area (TPSA) is 43.1 Å². The fraction of sp³-hybridized carbons (Fsp3) is 0.700. The fourth-order valence-electron chi connectivity index (χ4n) is 1.23. The van der Waals surface area contributed by atoms with E-state index in [9.17, 15) is 4.79 Å². The monoisotopic (exact) mass is 247 g/mol. The lowest BCUT2D eigenvalue weighted by atomic mass is 9.83. The van der Waals surface area contributed by atoms with Gasteiger partial charge in [0.05, 0.1) is 4.83 Å². The maximum absolute atomic E-state index is 11.0. The Kier molecular flexibility index (Phi) is 5.30. The van der Waals surface area contributed by atoms with Gasteiger partial charge in [-0.15, -0.1) is 6.58 Å². The van der Waals surface area contributed by atoms with Gasteiger partial charge in [-0.1, -0.05) is 42.8 Å². The second-order valence-electron chi connectivity index (χ2n) is 3.72. The van der Waals surface area contributed by atoms with Crippen LogP contribution in [0.4, 0.5) is 0 Å². The van der Waals surface area contributed by atoms with Crippen LogP contribution in [0.25, 0.3) is 0 Å². The highest BCUT2D eigenvalue weighted by Gasteiger charge is 2.27. The highest BCUT2D eigenvalue weighted by atomic mass is 79.9. The molecule has 0 radical (unpaired) electrons. The minimum atomic E-state index is -0.322. The Hall–Kier alpha value is -0.310. The molecule has 0 aliphatic carbocycles. The van der Waals surface area contributed by atoms with E-state index in [1.54, 1.807) is 6.08 Å². The number of alkyl halides is 1. The molecule has 1 unspecified atom stereocenters. The zero-order chi connectivity index (χ0) is 10.6. The molecule has 0 rings (SSSR count).